The number of hydrogen-bond donors (Lipinski definition) is 1. The molecule has 0 radical (unpaired) electrons. The summed E-state index contributed by atoms with van der Waals surface area (Å²) in [5.41, 5.74) is 2.03. The fourth-order valence-corrected chi connectivity index (χ4v) is 2.81. The average molecular weight is 383 g/mol. The molecule has 0 saturated carbocycles. The first-order valence-electron chi connectivity index (χ1n) is 6.67. The maximum atomic E-state index is 5.53. The molecule has 0 atom stereocenters. The van der Waals surface area contributed by atoms with E-state index in [0.29, 0.717) is 6.61 Å². The number of benzene rings is 1. The number of anilines is 1. The fourth-order valence-electron chi connectivity index (χ4n) is 1.91. The lowest BCUT2D eigenvalue weighted by Gasteiger charge is -2.11. The Balaban J connectivity index is 2.49. The molecule has 0 unspecified atom stereocenters. The van der Waals surface area contributed by atoms with Gasteiger partial charge in [-0.25, -0.2) is 9.97 Å². The second-order valence-corrected chi connectivity index (χ2v) is 5.30. The highest BCUT2D eigenvalue weighted by Crippen LogP contribution is 2.26. The predicted octanol–water partition coefficient (Wildman–Crippen LogP) is 3.75. The molecular formula is C15H18IN3O. The lowest BCUT2D eigenvalue weighted by atomic mass is 10.2. The van der Waals surface area contributed by atoms with Crippen molar-refractivity contribution in [2.75, 3.05) is 19.0 Å². The topological polar surface area (TPSA) is 47.0 Å². The zero-order valence-corrected chi connectivity index (χ0v) is 14.1. The maximum absolute atomic E-state index is 5.53. The first kappa shape index (κ1) is 15.0. The number of aromatic nitrogens is 2. The van der Waals surface area contributed by atoms with Crippen LogP contribution in [0.15, 0.2) is 24.3 Å². The summed E-state index contributed by atoms with van der Waals surface area (Å²) < 4.78 is 6.61. The molecule has 20 heavy (non-hydrogen) atoms. The SMILES string of the molecule is CCOc1cccc(-c2nc(CC)c(I)c(NC)n2)c1. The van der Waals surface area contributed by atoms with Crippen LogP contribution in [-0.4, -0.2) is 23.6 Å². The predicted molar refractivity (Wildman–Crippen MR) is 90.3 cm³/mol. The minimum atomic E-state index is 0.652. The molecule has 1 heterocycles. The fraction of sp³-hybridized carbons (Fsp3) is 0.333. The maximum Gasteiger partial charge on any atom is 0.161 e. The molecule has 106 valence electrons. The Morgan fingerprint density at radius 1 is 1.25 bits per heavy atom. The van der Waals surface area contributed by atoms with Crippen LogP contribution in [0.25, 0.3) is 11.4 Å². The number of hydrogen-bond acceptors (Lipinski definition) is 4. The van der Waals surface area contributed by atoms with Crippen molar-refractivity contribution in [3.8, 4) is 17.1 Å². The summed E-state index contributed by atoms with van der Waals surface area (Å²) in [7, 11) is 1.88. The molecule has 0 aliphatic carbocycles. The Morgan fingerprint density at radius 3 is 2.70 bits per heavy atom. The van der Waals surface area contributed by atoms with E-state index in [9.17, 15) is 0 Å². The van der Waals surface area contributed by atoms with Crippen LogP contribution in [-0.2, 0) is 6.42 Å². The molecule has 0 amide bonds. The van der Waals surface area contributed by atoms with Crippen molar-refractivity contribution in [1.82, 2.24) is 9.97 Å². The van der Waals surface area contributed by atoms with Gasteiger partial charge in [-0.3, -0.25) is 0 Å². The van der Waals surface area contributed by atoms with Gasteiger partial charge in [0.25, 0.3) is 0 Å². The minimum Gasteiger partial charge on any atom is -0.494 e. The molecule has 4 nitrogen and oxygen atoms in total. The normalized spacial score (nSPS) is 10.4. The Bertz CT molecular complexity index is 576. The summed E-state index contributed by atoms with van der Waals surface area (Å²) in [5.74, 6) is 2.44. The highest BCUT2D eigenvalue weighted by atomic mass is 127. The number of nitrogens with zero attached hydrogens (tertiary/aromatic N) is 2. The molecule has 2 rings (SSSR count). The standard InChI is InChI=1S/C15H18IN3O/c1-4-12-13(16)15(17-3)19-14(18-12)10-7-6-8-11(9-10)20-5-2/h6-9H,4-5H2,1-3H3,(H,17,18,19). The number of nitrogens with one attached hydrogen (secondary N) is 1. The molecule has 5 heteroatoms. The zero-order valence-electron chi connectivity index (χ0n) is 11.9. The van der Waals surface area contributed by atoms with Crippen LogP contribution in [0.2, 0.25) is 0 Å². The van der Waals surface area contributed by atoms with E-state index in [1.54, 1.807) is 0 Å². The molecule has 1 N–H and O–H groups in total. The third-order valence-corrected chi connectivity index (χ3v) is 4.03. The van der Waals surface area contributed by atoms with Crippen LogP contribution >= 0.6 is 22.6 Å². The van der Waals surface area contributed by atoms with Crippen LogP contribution in [0.3, 0.4) is 0 Å². The Kier molecular flexibility index (Phi) is 5.17. The number of rotatable bonds is 5. The smallest absolute Gasteiger partial charge is 0.161 e. The van der Waals surface area contributed by atoms with Gasteiger partial charge < -0.3 is 10.1 Å². The van der Waals surface area contributed by atoms with E-state index in [2.05, 4.69) is 44.8 Å². The summed E-state index contributed by atoms with van der Waals surface area (Å²) in [4.78, 5) is 9.24. The van der Waals surface area contributed by atoms with Crippen molar-refractivity contribution in [1.29, 1.82) is 0 Å². The molecule has 1 aromatic heterocycles. The molecule has 0 aliphatic rings. The Hall–Kier alpha value is -1.37. The molecule has 0 aliphatic heterocycles. The Labute approximate surface area is 133 Å². The van der Waals surface area contributed by atoms with Crippen molar-refractivity contribution in [3.05, 3.63) is 33.5 Å². The minimum absolute atomic E-state index is 0.652. The molecule has 0 fully saturated rings. The molecule has 1 aromatic carbocycles. The number of halogens is 1. The van der Waals surface area contributed by atoms with Crippen LogP contribution in [0, 0.1) is 3.57 Å². The summed E-state index contributed by atoms with van der Waals surface area (Å²) >= 11 is 2.28. The van der Waals surface area contributed by atoms with Crippen LogP contribution in [0.5, 0.6) is 5.75 Å². The molecule has 0 saturated heterocycles. The second kappa shape index (κ2) is 6.88. The number of ether oxygens (including phenoxy) is 1. The summed E-state index contributed by atoms with van der Waals surface area (Å²) in [5, 5.41) is 3.13. The molecular weight excluding hydrogens is 365 g/mol. The van der Waals surface area contributed by atoms with Crippen molar-refractivity contribution in [3.63, 3.8) is 0 Å². The van der Waals surface area contributed by atoms with E-state index < -0.39 is 0 Å². The van der Waals surface area contributed by atoms with Crippen molar-refractivity contribution in [2.24, 2.45) is 0 Å². The first-order chi connectivity index (χ1) is 9.69. The van der Waals surface area contributed by atoms with E-state index in [1.807, 2.05) is 38.2 Å². The van der Waals surface area contributed by atoms with Gasteiger partial charge in [0.05, 0.1) is 15.9 Å². The molecule has 0 bridgehead atoms. The highest BCUT2D eigenvalue weighted by molar-refractivity contribution is 14.1. The van der Waals surface area contributed by atoms with E-state index >= 15 is 0 Å². The van der Waals surface area contributed by atoms with Crippen LogP contribution in [0.4, 0.5) is 5.82 Å². The zero-order chi connectivity index (χ0) is 14.5. The largest absolute Gasteiger partial charge is 0.494 e. The third-order valence-electron chi connectivity index (χ3n) is 2.89. The number of aryl methyl sites for hydroxylation is 1. The quantitative estimate of drug-likeness (QED) is 0.799. The van der Waals surface area contributed by atoms with Crippen LogP contribution < -0.4 is 10.1 Å². The van der Waals surface area contributed by atoms with Gasteiger partial charge in [0.1, 0.15) is 11.6 Å². The Morgan fingerprint density at radius 2 is 2.05 bits per heavy atom. The molecule has 2 aromatic rings. The first-order valence-corrected chi connectivity index (χ1v) is 7.74. The van der Waals surface area contributed by atoms with Gasteiger partial charge in [-0.15, -0.1) is 0 Å². The summed E-state index contributed by atoms with van der Waals surface area (Å²) in [6.45, 7) is 4.73. The van der Waals surface area contributed by atoms with E-state index in [-0.39, 0.29) is 0 Å². The lowest BCUT2D eigenvalue weighted by molar-refractivity contribution is 0.340. The van der Waals surface area contributed by atoms with Gasteiger partial charge in [-0.1, -0.05) is 19.1 Å². The van der Waals surface area contributed by atoms with E-state index in [4.69, 9.17) is 4.74 Å². The molecule has 0 spiro atoms. The van der Waals surface area contributed by atoms with Crippen molar-refractivity contribution in [2.45, 2.75) is 20.3 Å². The van der Waals surface area contributed by atoms with Gasteiger partial charge in [0.2, 0.25) is 0 Å². The van der Waals surface area contributed by atoms with Gasteiger partial charge in [-0.2, -0.15) is 0 Å². The van der Waals surface area contributed by atoms with Gasteiger partial charge in [0.15, 0.2) is 5.82 Å². The van der Waals surface area contributed by atoms with Crippen molar-refractivity contribution < 1.29 is 4.74 Å². The lowest BCUT2D eigenvalue weighted by Crippen LogP contribution is -2.04. The van der Waals surface area contributed by atoms with Gasteiger partial charge >= 0.3 is 0 Å². The summed E-state index contributed by atoms with van der Waals surface area (Å²) in [6.07, 6.45) is 0.883. The van der Waals surface area contributed by atoms with Crippen molar-refractivity contribution >= 4 is 28.4 Å². The van der Waals surface area contributed by atoms with E-state index in [0.717, 1.165) is 38.6 Å². The second-order valence-electron chi connectivity index (χ2n) is 4.22. The average Bonchev–Trinajstić information content (AvgIpc) is 2.48. The van der Waals surface area contributed by atoms with Gasteiger partial charge in [0, 0.05) is 12.6 Å². The van der Waals surface area contributed by atoms with E-state index in [1.165, 1.54) is 0 Å². The monoisotopic (exact) mass is 383 g/mol. The summed E-state index contributed by atoms with van der Waals surface area (Å²) in [6, 6.07) is 7.89. The van der Waals surface area contributed by atoms with Crippen LogP contribution in [0.1, 0.15) is 19.5 Å². The third kappa shape index (κ3) is 3.20. The van der Waals surface area contributed by atoms with Gasteiger partial charge in [-0.05, 0) is 48.1 Å². The highest BCUT2D eigenvalue weighted by Gasteiger charge is 2.11.